The molecule has 6 heteroatoms. The van der Waals surface area contributed by atoms with Crippen LogP contribution in [0.25, 0.3) is 0 Å². The van der Waals surface area contributed by atoms with Gasteiger partial charge >= 0.3 is 0 Å². The lowest BCUT2D eigenvalue weighted by atomic mass is 10.1. The van der Waals surface area contributed by atoms with Crippen molar-refractivity contribution in [3.8, 4) is 11.5 Å². The molecule has 0 bridgehead atoms. The molecule has 4 rings (SSSR count). The van der Waals surface area contributed by atoms with Crippen molar-refractivity contribution < 1.29 is 9.47 Å². The first-order valence-electron chi connectivity index (χ1n) is 8.62. The van der Waals surface area contributed by atoms with Gasteiger partial charge in [-0.3, -0.25) is 4.99 Å². The molecule has 2 aromatic carbocycles. The minimum atomic E-state index is 0. The number of rotatable bonds is 4. The first-order chi connectivity index (χ1) is 12.2. The van der Waals surface area contributed by atoms with Crippen LogP contribution in [0.5, 0.6) is 11.5 Å². The van der Waals surface area contributed by atoms with Crippen LogP contribution in [-0.2, 0) is 6.54 Å². The number of hydrogen-bond acceptors (Lipinski definition) is 3. The second-order valence-corrected chi connectivity index (χ2v) is 6.59. The standard InChI is InChI=1S/C20H23N3O2.HI/c1-21-20(22-17-11-16(17)15-6-4-3-5-7-15)23(2)12-14-8-9-18-19(10-14)25-13-24-18;/h3-10,16-17H,11-13H2,1-2H3,(H,21,22);1H. The molecule has 1 saturated carbocycles. The van der Waals surface area contributed by atoms with Gasteiger partial charge in [0.15, 0.2) is 17.5 Å². The summed E-state index contributed by atoms with van der Waals surface area (Å²) >= 11 is 0. The lowest BCUT2D eigenvalue weighted by Crippen LogP contribution is -2.40. The van der Waals surface area contributed by atoms with E-state index in [2.05, 4.69) is 58.7 Å². The summed E-state index contributed by atoms with van der Waals surface area (Å²) in [7, 11) is 3.89. The molecular weight excluding hydrogens is 441 g/mol. The first-order valence-corrected chi connectivity index (χ1v) is 8.62. The molecule has 2 aliphatic rings. The summed E-state index contributed by atoms with van der Waals surface area (Å²) in [5.74, 6) is 3.13. The van der Waals surface area contributed by atoms with Gasteiger partial charge in [0.25, 0.3) is 0 Å². The van der Waals surface area contributed by atoms with Gasteiger partial charge < -0.3 is 19.7 Å². The van der Waals surface area contributed by atoms with Crippen LogP contribution in [0.15, 0.2) is 53.5 Å². The molecule has 0 saturated heterocycles. The molecule has 0 radical (unpaired) electrons. The van der Waals surface area contributed by atoms with Crippen LogP contribution < -0.4 is 14.8 Å². The van der Waals surface area contributed by atoms with Crippen LogP contribution in [0.3, 0.4) is 0 Å². The van der Waals surface area contributed by atoms with E-state index in [0.29, 0.717) is 18.8 Å². The third-order valence-corrected chi connectivity index (χ3v) is 4.76. The number of ether oxygens (including phenoxy) is 2. The van der Waals surface area contributed by atoms with Crippen molar-refractivity contribution in [3.63, 3.8) is 0 Å². The minimum Gasteiger partial charge on any atom is -0.454 e. The van der Waals surface area contributed by atoms with Gasteiger partial charge in [0.1, 0.15) is 0 Å². The second kappa shape index (κ2) is 8.16. The fourth-order valence-corrected chi connectivity index (χ4v) is 3.32. The molecule has 26 heavy (non-hydrogen) atoms. The predicted octanol–water partition coefficient (Wildman–Crippen LogP) is 3.60. The second-order valence-electron chi connectivity index (χ2n) is 6.59. The molecule has 1 N–H and O–H groups in total. The van der Waals surface area contributed by atoms with E-state index in [1.807, 2.05) is 19.2 Å². The number of guanidine groups is 1. The molecule has 2 unspecified atom stereocenters. The van der Waals surface area contributed by atoms with Crippen LogP contribution >= 0.6 is 24.0 Å². The van der Waals surface area contributed by atoms with Gasteiger partial charge in [0.2, 0.25) is 6.79 Å². The molecular formula is C20H24IN3O2. The largest absolute Gasteiger partial charge is 0.454 e. The van der Waals surface area contributed by atoms with Crippen molar-refractivity contribution in [3.05, 3.63) is 59.7 Å². The molecule has 0 spiro atoms. The number of nitrogens with one attached hydrogen (secondary N) is 1. The van der Waals surface area contributed by atoms with Crippen molar-refractivity contribution in [2.75, 3.05) is 20.9 Å². The Morgan fingerprint density at radius 2 is 1.92 bits per heavy atom. The maximum atomic E-state index is 5.46. The Balaban J connectivity index is 0.00000196. The van der Waals surface area contributed by atoms with Crippen LogP contribution in [0.4, 0.5) is 0 Å². The summed E-state index contributed by atoms with van der Waals surface area (Å²) in [6, 6.07) is 17.2. The summed E-state index contributed by atoms with van der Waals surface area (Å²) < 4.78 is 10.8. The summed E-state index contributed by atoms with van der Waals surface area (Å²) in [4.78, 5) is 6.58. The number of benzene rings is 2. The van der Waals surface area contributed by atoms with Gasteiger partial charge in [0.05, 0.1) is 0 Å². The Hall–Kier alpha value is -1.96. The number of hydrogen-bond donors (Lipinski definition) is 1. The van der Waals surface area contributed by atoms with Crippen molar-refractivity contribution in [2.24, 2.45) is 4.99 Å². The lowest BCUT2D eigenvalue weighted by molar-refractivity contribution is 0.174. The van der Waals surface area contributed by atoms with Gasteiger partial charge in [0, 0.05) is 32.6 Å². The highest BCUT2D eigenvalue weighted by Crippen LogP contribution is 2.40. The fourth-order valence-electron chi connectivity index (χ4n) is 3.32. The maximum Gasteiger partial charge on any atom is 0.231 e. The molecule has 5 nitrogen and oxygen atoms in total. The summed E-state index contributed by atoms with van der Waals surface area (Å²) in [6.07, 6.45) is 1.15. The van der Waals surface area contributed by atoms with Crippen molar-refractivity contribution in [1.82, 2.24) is 10.2 Å². The number of nitrogens with zero attached hydrogens (tertiary/aromatic N) is 2. The highest BCUT2D eigenvalue weighted by atomic mass is 127. The summed E-state index contributed by atoms with van der Waals surface area (Å²) in [5.41, 5.74) is 2.57. The Morgan fingerprint density at radius 1 is 1.15 bits per heavy atom. The van der Waals surface area contributed by atoms with Gasteiger partial charge in [-0.05, 0) is 29.7 Å². The Bertz CT molecular complexity index is 782. The molecule has 1 heterocycles. The third-order valence-electron chi connectivity index (χ3n) is 4.76. The summed E-state index contributed by atoms with van der Waals surface area (Å²) in [6.45, 7) is 1.07. The average Bonchev–Trinajstić information content (AvgIpc) is 3.26. The maximum absolute atomic E-state index is 5.46. The van der Waals surface area contributed by atoms with Crippen LogP contribution in [0.2, 0.25) is 0 Å². The Kier molecular flexibility index (Phi) is 5.90. The number of halogens is 1. The van der Waals surface area contributed by atoms with Crippen LogP contribution in [-0.4, -0.2) is 37.8 Å². The van der Waals surface area contributed by atoms with Gasteiger partial charge in [-0.1, -0.05) is 36.4 Å². The van der Waals surface area contributed by atoms with E-state index in [-0.39, 0.29) is 24.0 Å². The predicted molar refractivity (Wildman–Crippen MR) is 114 cm³/mol. The molecule has 1 fully saturated rings. The molecule has 0 amide bonds. The van der Waals surface area contributed by atoms with Gasteiger partial charge in [-0.2, -0.15) is 0 Å². The van der Waals surface area contributed by atoms with E-state index in [9.17, 15) is 0 Å². The van der Waals surface area contributed by atoms with Gasteiger partial charge in [-0.15, -0.1) is 24.0 Å². The Morgan fingerprint density at radius 3 is 2.69 bits per heavy atom. The average molecular weight is 465 g/mol. The van der Waals surface area contributed by atoms with E-state index in [1.54, 1.807) is 0 Å². The topological polar surface area (TPSA) is 46.1 Å². The van der Waals surface area contributed by atoms with Crippen molar-refractivity contribution in [2.45, 2.75) is 24.9 Å². The van der Waals surface area contributed by atoms with E-state index in [1.165, 1.54) is 11.1 Å². The zero-order chi connectivity index (χ0) is 17.2. The monoisotopic (exact) mass is 465 g/mol. The Labute approximate surface area is 171 Å². The van der Waals surface area contributed by atoms with Crippen LogP contribution in [0.1, 0.15) is 23.5 Å². The summed E-state index contributed by atoms with van der Waals surface area (Å²) in [5, 5.41) is 3.58. The highest BCUT2D eigenvalue weighted by Gasteiger charge is 2.39. The molecule has 138 valence electrons. The number of fused-ring (bicyclic) bond motifs is 1. The molecule has 0 aromatic heterocycles. The number of aliphatic imine (C=N–C) groups is 1. The smallest absolute Gasteiger partial charge is 0.231 e. The van der Waals surface area contributed by atoms with E-state index in [4.69, 9.17) is 9.47 Å². The van der Waals surface area contributed by atoms with Crippen LogP contribution in [0, 0.1) is 0 Å². The normalized spacial score (nSPS) is 20.3. The minimum absolute atomic E-state index is 0. The fraction of sp³-hybridized carbons (Fsp3) is 0.350. The van der Waals surface area contributed by atoms with E-state index >= 15 is 0 Å². The van der Waals surface area contributed by atoms with Gasteiger partial charge in [-0.25, -0.2) is 0 Å². The SMILES string of the molecule is CN=C(NC1CC1c1ccccc1)N(C)Cc1ccc2c(c1)OCO2.I. The van der Waals surface area contributed by atoms with Crippen molar-refractivity contribution >= 4 is 29.9 Å². The lowest BCUT2D eigenvalue weighted by Gasteiger charge is -2.22. The quantitative estimate of drug-likeness (QED) is 0.426. The zero-order valence-electron chi connectivity index (χ0n) is 15.0. The molecule has 1 aliphatic carbocycles. The first kappa shape index (κ1) is 18.8. The molecule has 1 aliphatic heterocycles. The van der Waals surface area contributed by atoms with Crippen molar-refractivity contribution in [1.29, 1.82) is 0 Å². The molecule has 2 atom stereocenters. The van der Waals surface area contributed by atoms with E-state index < -0.39 is 0 Å². The third kappa shape index (κ3) is 4.06. The van der Waals surface area contributed by atoms with E-state index in [0.717, 1.165) is 30.4 Å². The molecule has 2 aromatic rings. The highest BCUT2D eigenvalue weighted by molar-refractivity contribution is 14.0. The zero-order valence-corrected chi connectivity index (χ0v) is 17.3.